The standard InChI is InChI=1S/C24H31N3O2/c1-16(2)26(5)15-24(28)27-23(19-8-7-9-20(13-19)29-6)14-22(25-27)21-12-17(3)10-11-18(21)4/h7-13,16,23H,14-15H2,1-6H3/t23-/m1/s1. The Morgan fingerprint density at radius 3 is 2.69 bits per heavy atom. The monoisotopic (exact) mass is 393 g/mol. The lowest BCUT2D eigenvalue weighted by molar-refractivity contribution is -0.134. The van der Waals surface area contributed by atoms with E-state index in [1.54, 1.807) is 12.1 Å². The Bertz CT molecular complexity index is 920. The van der Waals surface area contributed by atoms with Crippen molar-refractivity contribution in [3.8, 4) is 5.75 Å². The molecule has 1 amide bonds. The first-order valence-electron chi connectivity index (χ1n) is 10.1. The largest absolute Gasteiger partial charge is 0.497 e. The molecule has 0 N–H and O–H groups in total. The highest BCUT2D eigenvalue weighted by Crippen LogP contribution is 2.35. The molecule has 5 heteroatoms. The van der Waals surface area contributed by atoms with Crippen molar-refractivity contribution in [1.82, 2.24) is 9.91 Å². The number of methoxy groups -OCH3 is 1. The highest BCUT2D eigenvalue weighted by molar-refractivity contribution is 6.04. The second-order valence-corrected chi connectivity index (χ2v) is 8.11. The molecule has 0 unspecified atom stereocenters. The lowest BCUT2D eigenvalue weighted by atomic mass is 9.95. The van der Waals surface area contributed by atoms with Gasteiger partial charge in [-0.2, -0.15) is 5.10 Å². The molecule has 3 rings (SSSR count). The van der Waals surface area contributed by atoms with Crippen LogP contribution in [0.15, 0.2) is 47.6 Å². The molecule has 5 nitrogen and oxygen atoms in total. The van der Waals surface area contributed by atoms with E-state index >= 15 is 0 Å². The molecule has 0 radical (unpaired) electrons. The Morgan fingerprint density at radius 2 is 2.00 bits per heavy atom. The first kappa shape index (κ1) is 21.1. The number of carbonyl (C=O) groups is 1. The van der Waals surface area contributed by atoms with Crippen LogP contribution >= 0.6 is 0 Å². The summed E-state index contributed by atoms with van der Waals surface area (Å²) in [5.74, 6) is 0.795. The van der Waals surface area contributed by atoms with Gasteiger partial charge in [-0.1, -0.05) is 29.8 Å². The molecule has 1 atom stereocenters. The molecule has 29 heavy (non-hydrogen) atoms. The van der Waals surface area contributed by atoms with Gasteiger partial charge in [-0.05, 0) is 64.1 Å². The fourth-order valence-electron chi connectivity index (χ4n) is 3.53. The first-order valence-corrected chi connectivity index (χ1v) is 10.1. The van der Waals surface area contributed by atoms with E-state index in [9.17, 15) is 4.79 Å². The average molecular weight is 394 g/mol. The summed E-state index contributed by atoms with van der Waals surface area (Å²) >= 11 is 0. The number of carbonyl (C=O) groups excluding carboxylic acids is 1. The average Bonchev–Trinajstić information content (AvgIpc) is 3.15. The predicted molar refractivity (Wildman–Crippen MR) is 117 cm³/mol. The van der Waals surface area contributed by atoms with Crippen molar-refractivity contribution in [2.24, 2.45) is 5.10 Å². The minimum Gasteiger partial charge on any atom is -0.497 e. The van der Waals surface area contributed by atoms with Crippen LogP contribution in [-0.4, -0.2) is 48.3 Å². The summed E-state index contributed by atoms with van der Waals surface area (Å²) in [7, 11) is 3.63. The molecule has 1 aliphatic heterocycles. The molecular formula is C24H31N3O2. The number of likely N-dealkylation sites (N-methyl/N-ethyl adjacent to an activating group) is 1. The number of amides is 1. The molecule has 0 fully saturated rings. The van der Waals surface area contributed by atoms with Crippen molar-refractivity contribution < 1.29 is 9.53 Å². The topological polar surface area (TPSA) is 45.1 Å². The third kappa shape index (κ3) is 4.67. The fraction of sp³-hybridized carbons (Fsp3) is 0.417. The lowest BCUT2D eigenvalue weighted by Crippen LogP contribution is -2.39. The minimum atomic E-state index is -0.131. The highest BCUT2D eigenvalue weighted by Gasteiger charge is 2.34. The van der Waals surface area contributed by atoms with Crippen LogP contribution in [0.4, 0.5) is 0 Å². The van der Waals surface area contributed by atoms with Crippen LogP contribution in [0.3, 0.4) is 0 Å². The molecule has 0 aromatic heterocycles. The molecule has 0 aliphatic carbocycles. The Morgan fingerprint density at radius 1 is 1.24 bits per heavy atom. The second kappa shape index (κ2) is 8.78. The summed E-state index contributed by atoms with van der Waals surface area (Å²) in [6.07, 6.45) is 0.689. The second-order valence-electron chi connectivity index (χ2n) is 8.11. The van der Waals surface area contributed by atoms with Gasteiger partial charge in [0.05, 0.1) is 25.4 Å². The van der Waals surface area contributed by atoms with Gasteiger partial charge in [-0.15, -0.1) is 0 Å². The van der Waals surface area contributed by atoms with Gasteiger partial charge in [-0.25, -0.2) is 5.01 Å². The van der Waals surface area contributed by atoms with Crippen molar-refractivity contribution in [3.63, 3.8) is 0 Å². The number of hydrazone groups is 1. The maximum atomic E-state index is 13.2. The molecular weight excluding hydrogens is 362 g/mol. The van der Waals surface area contributed by atoms with E-state index < -0.39 is 0 Å². The molecule has 0 saturated heterocycles. The molecule has 1 heterocycles. The van der Waals surface area contributed by atoms with Crippen molar-refractivity contribution in [2.75, 3.05) is 20.7 Å². The van der Waals surface area contributed by atoms with Crippen molar-refractivity contribution in [1.29, 1.82) is 0 Å². The van der Waals surface area contributed by atoms with E-state index in [1.807, 2.05) is 36.2 Å². The minimum absolute atomic E-state index is 0.00864. The van der Waals surface area contributed by atoms with E-state index in [1.165, 1.54) is 11.1 Å². The van der Waals surface area contributed by atoms with Gasteiger partial charge in [0.25, 0.3) is 5.91 Å². The van der Waals surface area contributed by atoms with E-state index in [-0.39, 0.29) is 11.9 Å². The number of hydrogen-bond acceptors (Lipinski definition) is 4. The molecule has 0 saturated carbocycles. The van der Waals surface area contributed by atoms with Crippen molar-refractivity contribution in [2.45, 2.75) is 46.2 Å². The molecule has 1 aliphatic rings. The van der Waals surface area contributed by atoms with Gasteiger partial charge in [0.2, 0.25) is 0 Å². The fourth-order valence-corrected chi connectivity index (χ4v) is 3.53. The summed E-state index contributed by atoms with van der Waals surface area (Å²) in [6.45, 7) is 8.68. The summed E-state index contributed by atoms with van der Waals surface area (Å²) in [6, 6.07) is 14.5. The summed E-state index contributed by atoms with van der Waals surface area (Å²) < 4.78 is 5.40. The number of hydrogen-bond donors (Lipinski definition) is 0. The van der Waals surface area contributed by atoms with Crippen LogP contribution in [0.25, 0.3) is 0 Å². The Hall–Kier alpha value is -2.66. The van der Waals surface area contributed by atoms with Crippen LogP contribution in [0.2, 0.25) is 0 Å². The lowest BCUT2D eigenvalue weighted by Gasteiger charge is -2.26. The number of aryl methyl sites for hydroxylation is 2. The maximum Gasteiger partial charge on any atom is 0.257 e. The van der Waals surface area contributed by atoms with E-state index in [4.69, 9.17) is 9.84 Å². The van der Waals surface area contributed by atoms with Crippen LogP contribution < -0.4 is 4.74 Å². The Labute approximate surface area is 174 Å². The van der Waals surface area contributed by atoms with Gasteiger partial charge in [0, 0.05) is 18.0 Å². The predicted octanol–water partition coefficient (Wildman–Crippen LogP) is 4.33. The van der Waals surface area contributed by atoms with Gasteiger partial charge in [0.1, 0.15) is 5.75 Å². The molecule has 0 bridgehead atoms. The highest BCUT2D eigenvalue weighted by atomic mass is 16.5. The summed E-state index contributed by atoms with van der Waals surface area (Å²) in [5.41, 5.74) is 5.47. The van der Waals surface area contributed by atoms with Gasteiger partial charge in [-0.3, -0.25) is 9.69 Å². The zero-order valence-electron chi connectivity index (χ0n) is 18.3. The molecule has 154 valence electrons. The Kier molecular flexibility index (Phi) is 6.38. The van der Waals surface area contributed by atoms with Crippen LogP contribution in [0.5, 0.6) is 5.75 Å². The first-order chi connectivity index (χ1) is 13.8. The summed E-state index contributed by atoms with van der Waals surface area (Å²) in [4.78, 5) is 15.2. The Balaban J connectivity index is 1.98. The number of nitrogens with zero attached hydrogens (tertiary/aromatic N) is 3. The van der Waals surface area contributed by atoms with Crippen LogP contribution in [-0.2, 0) is 4.79 Å². The van der Waals surface area contributed by atoms with E-state index in [0.29, 0.717) is 19.0 Å². The zero-order valence-corrected chi connectivity index (χ0v) is 18.3. The normalized spacial score (nSPS) is 16.5. The molecule has 0 spiro atoms. The van der Waals surface area contributed by atoms with Crippen molar-refractivity contribution in [3.05, 3.63) is 64.7 Å². The number of rotatable bonds is 6. The van der Waals surface area contributed by atoms with E-state index in [2.05, 4.69) is 45.9 Å². The van der Waals surface area contributed by atoms with E-state index in [0.717, 1.165) is 22.6 Å². The van der Waals surface area contributed by atoms with Gasteiger partial charge < -0.3 is 4.74 Å². The maximum absolute atomic E-state index is 13.2. The third-order valence-corrected chi connectivity index (χ3v) is 5.61. The number of ether oxygens (including phenoxy) is 1. The van der Waals surface area contributed by atoms with Crippen LogP contribution in [0, 0.1) is 13.8 Å². The van der Waals surface area contributed by atoms with Crippen molar-refractivity contribution >= 4 is 11.6 Å². The molecule has 2 aromatic carbocycles. The smallest absolute Gasteiger partial charge is 0.257 e. The zero-order chi connectivity index (χ0) is 21.1. The number of benzene rings is 2. The van der Waals surface area contributed by atoms with Crippen LogP contribution in [0.1, 0.15) is 48.6 Å². The van der Waals surface area contributed by atoms with Gasteiger partial charge >= 0.3 is 0 Å². The SMILES string of the molecule is COc1cccc([C@H]2CC(c3cc(C)ccc3C)=NN2C(=O)CN(C)C(C)C)c1. The third-order valence-electron chi connectivity index (χ3n) is 5.61. The quantitative estimate of drug-likeness (QED) is 0.734. The van der Waals surface area contributed by atoms with Gasteiger partial charge in [0.15, 0.2) is 0 Å². The summed E-state index contributed by atoms with van der Waals surface area (Å²) in [5, 5.41) is 6.49. The molecule has 2 aromatic rings.